The van der Waals surface area contributed by atoms with E-state index in [0.717, 1.165) is 30.9 Å². The van der Waals surface area contributed by atoms with E-state index in [1.807, 2.05) is 23.5 Å². The second-order valence-corrected chi connectivity index (χ2v) is 7.03. The van der Waals surface area contributed by atoms with E-state index in [0.29, 0.717) is 0 Å². The Balaban J connectivity index is 1.91. The Morgan fingerprint density at radius 1 is 1.31 bits per heavy atom. The van der Waals surface area contributed by atoms with E-state index in [4.69, 9.17) is 0 Å². The second kappa shape index (κ2) is 3.73. The lowest BCUT2D eigenvalue weighted by atomic mass is 10.2. The van der Waals surface area contributed by atoms with Crippen LogP contribution in [0.5, 0.6) is 0 Å². The molecule has 0 aromatic carbocycles. The van der Waals surface area contributed by atoms with Gasteiger partial charge in [-0.05, 0) is 6.92 Å². The lowest BCUT2D eigenvalue weighted by molar-refractivity contribution is -0.121. The van der Waals surface area contributed by atoms with Crippen molar-refractivity contribution in [3.8, 4) is 0 Å². The van der Waals surface area contributed by atoms with Crippen molar-refractivity contribution >= 4 is 35.6 Å². The predicted molar refractivity (Wildman–Crippen MR) is 65.4 cm³/mol. The van der Waals surface area contributed by atoms with Crippen LogP contribution in [0.15, 0.2) is 0 Å². The smallest absolute Gasteiger partial charge is 0.172 e. The molecule has 0 bridgehead atoms. The fourth-order valence-electron chi connectivity index (χ4n) is 2.78. The minimum Gasteiger partial charge on any atom is -0.302 e. The third-order valence-electron chi connectivity index (χ3n) is 3.58. The van der Waals surface area contributed by atoms with Crippen molar-refractivity contribution in [3.05, 3.63) is 0 Å². The minimum absolute atomic E-state index is 0.0354. The van der Waals surface area contributed by atoms with Crippen molar-refractivity contribution in [2.45, 2.75) is 23.3 Å². The highest BCUT2D eigenvalue weighted by molar-refractivity contribution is 8.18. The third kappa shape index (κ3) is 1.27. The van der Waals surface area contributed by atoms with Gasteiger partial charge in [-0.15, -0.1) is 23.5 Å². The van der Waals surface area contributed by atoms with E-state index < -0.39 is 0 Å². The van der Waals surface area contributed by atoms with Gasteiger partial charge in [-0.2, -0.15) is 0 Å². The Morgan fingerprint density at radius 2 is 2.00 bits per heavy atom. The summed E-state index contributed by atoms with van der Waals surface area (Å²) in [4.78, 5) is 27.1. The zero-order valence-corrected chi connectivity index (χ0v) is 10.7. The molecule has 4 nitrogen and oxygen atoms in total. The molecule has 0 amide bonds. The summed E-state index contributed by atoms with van der Waals surface area (Å²) in [5, 5.41) is 0. The van der Waals surface area contributed by atoms with Gasteiger partial charge in [0.25, 0.3) is 0 Å². The molecule has 3 atom stereocenters. The molecule has 3 aliphatic rings. The predicted octanol–water partition coefficient (Wildman–Crippen LogP) is 0.234. The molecule has 0 aromatic rings. The largest absolute Gasteiger partial charge is 0.302 e. The first-order valence-electron chi connectivity index (χ1n) is 5.46. The molecule has 3 aliphatic heterocycles. The van der Waals surface area contributed by atoms with Gasteiger partial charge in [-0.1, -0.05) is 0 Å². The molecule has 3 saturated heterocycles. The van der Waals surface area contributed by atoms with Gasteiger partial charge in [0.15, 0.2) is 4.33 Å². The first kappa shape index (κ1) is 11.1. The molecule has 6 heteroatoms. The maximum absolute atomic E-state index is 11.6. The van der Waals surface area contributed by atoms with Crippen molar-refractivity contribution in [1.82, 2.24) is 9.80 Å². The SMILES string of the molecule is CC(=O)C1CSC23SCC(C=O)N2CCN13. The molecule has 16 heavy (non-hydrogen) atoms. The summed E-state index contributed by atoms with van der Waals surface area (Å²) in [7, 11) is 0. The highest BCUT2D eigenvalue weighted by Crippen LogP contribution is 2.57. The number of hydrogen-bond donors (Lipinski definition) is 0. The molecule has 3 heterocycles. The molecule has 0 N–H and O–H groups in total. The van der Waals surface area contributed by atoms with Crippen LogP contribution in [0.1, 0.15) is 6.92 Å². The number of ketones is 1. The zero-order valence-electron chi connectivity index (χ0n) is 9.09. The number of Topliss-reactive ketones (excluding diaryl/α,β-unsaturated/α-hetero) is 1. The number of carbonyl (C=O) groups excluding carboxylic acids is 2. The van der Waals surface area contributed by atoms with Gasteiger partial charge >= 0.3 is 0 Å². The summed E-state index contributed by atoms with van der Waals surface area (Å²) in [6.45, 7) is 3.49. The van der Waals surface area contributed by atoms with Crippen LogP contribution in [0.25, 0.3) is 0 Å². The summed E-state index contributed by atoms with van der Waals surface area (Å²) in [5.41, 5.74) is 0. The quantitative estimate of drug-likeness (QED) is 0.661. The van der Waals surface area contributed by atoms with Crippen molar-refractivity contribution in [1.29, 1.82) is 0 Å². The molecule has 0 aliphatic carbocycles. The van der Waals surface area contributed by atoms with Crippen molar-refractivity contribution in [2.24, 2.45) is 0 Å². The minimum atomic E-state index is -0.109. The summed E-state index contributed by atoms with van der Waals surface area (Å²) in [6.07, 6.45) is 1.05. The van der Waals surface area contributed by atoms with Crippen LogP contribution in [0.2, 0.25) is 0 Å². The van der Waals surface area contributed by atoms with Crippen LogP contribution in [0, 0.1) is 0 Å². The monoisotopic (exact) mass is 258 g/mol. The summed E-state index contributed by atoms with van der Waals surface area (Å²) in [5.74, 6) is 1.98. The topological polar surface area (TPSA) is 40.6 Å². The summed E-state index contributed by atoms with van der Waals surface area (Å²) < 4.78 is -0.109. The Bertz CT molecular complexity index is 352. The summed E-state index contributed by atoms with van der Waals surface area (Å²) >= 11 is 3.64. The van der Waals surface area contributed by atoms with Crippen molar-refractivity contribution < 1.29 is 9.59 Å². The average molecular weight is 258 g/mol. The first-order chi connectivity index (χ1) is 7.69. The van der Waals surface area contributed by atoms with Gasteiger partial charge in [0, 0.05) is 24.6 Å². The normalized spacial score (nSPS) is 43.3. The highest BCUT2D eigenvalue weighted by Gasteiger charge is 2.61. The van der Waals surface area contributed by atoms with E-state index in [1.165, 1.54) is 0 Å². The number of carbonyl (C=O) groups is 2. The second-order valence-electron chi connectivity index (χ2n) is 4.39. The molecule has 0 aromatic heterocycles. The molecular weight excluding hydrogens is 244 g/mol. The Labute approximate surface area is 103 Å². The van der Waals surface area contributed by atoms with Gasteiger partial charge in [0.1, 0.15) is 12.1 Å². The molecule has 3 unspecified atom stereocenters. The van der Waals surface area contributed by atoms with Crippen LogP contribution < -0.4 is 0 Å². The van der Waals surface area contributed by atoms with E-state index in [1.54, 1.807) is 6.92 Å². The number of aldehydes is 1. The van der Waals surface area contributed by atoms with E-state index in [2.05, 4.69) is 9.80 Å². The van der Waals surface area contributed by atoms with Gasteiger partial charge in [0.05, 0.1) is 12.1 Å². The Hall–Kier alpha value is -0.0400. The first-order valence-corrected chi connectivity index (χ1v) is 7.43. The van der Waals surface area contributed by atoms with E-state index in [-0.39, 0.29) is 22.2 Å². The van der Waals surface area contributed by atoms with Gasteiger partial charge in [-0.25, -0.2) is 0 Å². The number of nitrogens with zero attached hydrogens (tertiary/aromatic N) is 2. The number of rotatable bonds is 2. The fraction of sp³-hybridized carbons (Fsp3) is 0.800. The molecule has 88 valence electrons. The van der Waals surface area contributed by atoms with Crippen LogP contribution in [0.3, 0.4) is 0 Å². The van der Waals surface area contributed by atoms with Crippen LogP contribution in [-0.4, -0.2) is 62.9 Å². The van der Waals surface area contributed by atoms with Crippen LogP contribution >= 0.6 is 23.5 Å². The van der Waals surface area contributed by atoms with Crippen molar-refractivity contribution in [2.75, 3.05) is 24.6 Å². The molecule has 3 rings (SSSR count). The fourth-order valence-corrected chi connectivity index (χ4v) is 6.51. The lowest BCUT2D eigenvalue weighted by Crippen LogP contribution is -2.47. The average Bonchev–Trinajstić information content (AvgIpc) is 2.84. The van der Waals surface area contributed by atoms with Crippen LogP contribution in [-0.2, 0) is 9.59 Å². The van der Waals surface area contributed by atoms with Crippen LogP contribution in [0.4, 0.5) is 0 Å². The lowest BCUT2D eigenvalue weighted by Gasteiger charge is -2.33. The molecule has 0 saturated carbocycles. The Morgan fingerprint density at radius 3 is 2.69 bits per heavy atom. The molecule has 3 fully saturated rings. The highest BCUT2D eigenvalue weighted by atomic mass is 32.2. The Kier molecular flexibility index (Phi) is 2.58. The molecule has 0 radical (unpaired) electrons. The standard InChI is InChI=1S/C10H14N2O2S2/c1-7(14)9-6-16-10-11(2-3-12(9)10)8(4-13)5-15-10/h4,8-9H,2-3,5-6H2,1H3. The number of hydrogen-bond acceptors (Lipinski definition) is 6. The zero-order chi connectivity index (χ0) is 11.3. The molecule has 1 spiro atoms. The van der Waals surface area contributed by atoms with Gasteiger partial charge in [0.2, 0.25) is 0 Å². The maximum atomic E-state index is 11.6. The number of thioether (sulfide) groups is 2. The van der Waals surface area contributed by atoms with Gasteiger partial charge in [-0.3, -0.25) is 14.6 Å². The van der Waals surface area contributed by atoms with E-state index >= 15 is 0 Å². The van der Waals surface area contributed by atoms with E-state index in [9.17, 15) is 9.59 Å². The van der Waals surface area contributed by atoms with Crippen molar-refractivity contribution in [3.63, 3.8) is 0 Å². The van der Waals surface area contributed by atoms with Gasteiger partial charge < -0.3 is 4.79 Å². The third-order valence-corrected chi connectivity index (χ3v) is 6.97. The molecular formula is C10H14N2O2S2. The maximum Gasteiger partial charge on any atom is 0.172 e. The summed E-state index contributed by atoms with van der Waals surface area (Å²) in [6, 6.07) is 0.0844.